The molecule has 34 heavy (non-hydrogen) atoms. The standard InChI is InChI=1S/C30H39F3O/c1-3-5-7-9-22-10-12-23(13-11-22)14-15-24-16-18-26(30(33)29(24)32)25-17-19-28(27(31)21-25)34-20-8-6-4-2/h4,6,16-19,21-23H,3,5,7-15,20H2,1-2H3/b6-4+. The molecule has 2 aromatic carbocycles. The highest BCUT2D eigenvalue weighted by atomic mass is 19.2. The summed E-state index contributed by atoms with van der Waals surface area (Å²) >= 11 is 0. The number of benzene rings is 2. The molecule has 0 aliphatic heterocycles. The third-order valence-electron chi connectivity index (χ3n) is 7.19. The number of halogens is 3. The molecule has 4 heteroatoms. The van der Waals surface area contributed by atoms with Crippen LogP contribution in [0.1, 0.15) is 83.6 Å². The van der Waals surface area contributed by atoms with Crippen molar-refractivity contribution in [1.29, 1.82) is 0 Å². The van der Waals surface area contributed by atoms with Crippen LogP contribution in [0.5, 0.6) is 5.75 Å². The number of aryl methyl sites for hydroxylation is 1. The lowest BCUT2D eigenvalue weighted by atomic mass is 9.77. The molecule has 1 aliphatic rings. The van der Waals surface area contributed by atoms with Crippen LogP contribution in [0.2, 0.25) is 0 Å². The van der Waals surface area contributed by atoms with Crippen LogP contribution in [-0.4, -0.2) is 6.61 Å². The molecule has 0 N–H and O–H groups in total. The highest BCUT2D eigenvalue weighted by Gasteiger charge is 2.22. The van der Waals surface area contributed by atoms with Gasteiger partial charge in [-0.15, -0.1) is 0 Å². The van der Waals surface area contributed by atoms with E-state index in [2.05, 4.69) is 6.92 Å². The Labute approximate surface area is 203 Å². The minimum atomic E-state index is -0.904. The molecule has 2 aromatic rings. The first-order valence-electron chi connectivity index (χ1n) is 13.0. The highest BCUT2D eigenvalue weighted by Crippen LogP contribution is 2.35. The van der Waals surface area contributed by atoms with Gasteiger partial charge in [0.25, 0.3) is 0 Å². The Morgan fingerprint density at radius 3 is 2.32 bits per heavy atom. The molecule has 1 fully saturated rings. The molecule has 1 saturated carbocycles. The summed E-state index contributed by atoms with van der Waals surface area (Å²) in [6.07, 6.45) is 16.1. The summed E-state index contributed by atoms with van der Waals surface area (Å²) in [5.41, 5.74) is 0.798. The average molecular weight is 473 g/mol. The Hall–Kier alpha value is -2.23. The average Bonchev–Trinajstić information content (AvgIpc) is 2.84. The molecular formula is C30H39F3O. The molecule has 0 atom stereocenters. The van der Waals surface area contributed by atoms with Crippen molar-refractivity contribution in [3.8, 4) is 16.9 Å². The first-order chi connectivity index (χ1) is 16.5. The highest BCUT2D eigenvalue weighted by molar-refractivity contribution is 5.65. The van der Waals surface area contributed by atoms with Gasteiger partial charge in [0.15, 0.2) is 23.2 Å². The first-order valence-corrected chi connectivity index (χ1v) is 13.0. The van der Waals surface area contributed by atoms with Crippen LogP contribution in [0, 0.1) is 29.3 Å². The van der Waals surface area contributed by atoms with Gasteiger partial charge >= 0.3 is 0 Å². The summed E-state index contributed by atoms with van der Waals surface area (Å²) in [6.45, 7) is 4.51. The molecule has 0 bridgehead atoms. The molecule has 0 unspecified atom stereocenters. The molecule has 0 spiro atoms. The van der Waals surface area contributed by atoms with Crippen LogP contribution in [0.4, 0.5) is 13.2 Å². The second-order valence-electron chi connectivity index (χ2n) is 9.67. The van der Waals surface area contributed by atoms with Crippen molar-refractivity contribution in [3.63, 3.8) is 0 Å². The van der Waals surface area contributed by atoms with Gasteiger partial charge in [0, 0.05) is 5.56 Å². The van der Waals surface area contributed by atoms with E-state index in [-0.39, 0.29) is 11.3 Å². The molecule has 0 aromatic heterocycles. The van der Waals surface area contributed by atoms with Crippen LogP contribution >= 0.6 is 0 Å². The largest absolute Gasteiger partial charge is 0.490 e. The summed E-state index contributed by atoms with van der Waals surface area (Å²) < 4.78 is 49.6. The summed E-state index contributed by atoms with van der Waals surface area (Å²) in [4.78, 5) is 0. The number of allylic oxidation sites excluding steroid dienone is 1. The summed E-state index contributed by atoms with van der Waals surface area (Å²) in [6, 6.07) is 7.49. The Bertz CT molecular complexity index is 929. The number of rotatable bonds is 12. The smallest absolute Gasteiger partial charge is 0.166 e. The molecule has 3 rings (SSSR count). The summed E-state index contributed by atoms with van der Waals surface area (Å²) in [5, 5.41) is 0. The van der Waals surface area contributed by atoms with Crippen molar-refractivity contribution >= 4 is 0 Å². The van der Waals surface area contributed by atoms with E-state index in [1.807, 2.05) is 19.1 Å². The van der Waals surface area contributed by atoms with E-state index in [0.29, 0.717) is 36.5 Å². The van der Waals surface area contributed by atoms with E-state index in [9.17, 15) is 13.2 Å². The fraction of sp³-hybridized carbons (Fsp3) is 0.533. The maximum atomic E-state index is 14.9. The SMILES string of the molecule is C/C=C/CCOc1ccc(-c2ccc(CCC3CCC(CCCCC)CC3)c(F)c2F)cc1F. The third kappa shape index (κ3) is 7.38. The van der Waals surface area contributed by atoms with Crippen LogP contribution in [0.3, 0.4) is 0 Å². The van der Waals surface area contributed by atoms with E-state index in [0.717, 1.165) is 12.3 Å². The minimum absolute atomic E-state index is 0.0770. The van der Waals surface area contributed by atoms with E-state index in [1.165, 1.54) is 63.5 Å². The number of unbranched alkanes of at least 4 members (excludes halogenated alkanes) is 2. The van der Waals surface area contributed by atoms with Crippen LogP contribution in [0.25, 0.3) is 11.1 Å². The molecule has 1 nitrogen and oxygen atoms in total. The van der Waals surface area contributed by atoms with Gasteiger partial charge in [-0.3, -0.25) is 0 Å². The zero-order valence-corrected chi connectivity index (χ0v) is 20.7. The van der Waals surface area contributed by atoms with Gasteiger partial charge in [0.1, 0.15) is 0 Å². The van der Waals surface area contributed by atoms with Gasteiger partial charge in [-0.1, -0.05) is 88.6 Å². The van der Waals surface area contributed by atoms with Crippen molar-refractivity contribution < 1.29 is 17.9 Å². The molecule has 0 saturated heterocycles. The molecule has 186 valence electrons. The maximum absolute atomic E-state index is 14.9. The number of hydrogen-bond donors (Lipinski definition) is 0. The fourth-order valence-electron chi connectivity index (χ4n) is 5.05. The van der Waals surface area contributed by atoms with Gasteiger partial charge in [-0.25, -0.2) is 13.2 Å². The fourth-order valence-corrected chi connectivity index (χ4v) is 5.05. The van der Waals surface area contributed by atoms with Crippen LogP contribution < -0.4 is 4.74 Å². The van der Waals surface area contributed by atoms with Gasteiger partial charge in [-0.05, 0) is 61.3 Å². The quantitative estimate of drug-likeness (QED) is 0.221. The molecule has 0 amide bonds. The van der Waals surface area contributed by atoms with Crippen molar-refractivity contribution in [2.75, 3.05) is 6.61 Å². The van der Waals surface area contributed by atoms with E-state index in [1.54, 1.807) is 18.2 Å². The Morgan fingerprint density at radius 2 is 1.65 bits per heavy atom. The molecule has 0 radical (unpaired) electrons. The number of ether oxygens (including phenoxy) is 1. The second kappa shape index (κ2) is 13.6. The van der Waals surface area contributed by atoms with Crippen LogP contribution in [0.15, 0.2) is 42.5 Å². The lowest BCUT2D eigenvalue weighted by Crippen LogP contribution is -2.15. The Morgan fingerprint density at radius 1 is 0.912 bits per heavy atom. The van der Waals surface area contributed by atoms with E-state index < -0.39 is 17.5 Å². The Balaban J connectivity index is 1.56. The zero-order valence-electron chi connectivity index (χ0n) is 20.7. The topological polar surface area (TPSA) is 9.23 Å². The van der Waals surface area contributed by atoms with Gasteiger partial charge in [0.2, 0.25) is 0 Å². The van der Waals surface area contributed by atoms with Crippen LogP contribution in [-0.2, 0) is 6.42 Å². The summed E-state index contributed by atoms with van der Waals surface area (Å²) in [7, 11) is 0. The first kappa shape index (κ1) is 26.4. The third-order valence-corrected chi connectivity index (χ3v) is 7.19. The van der Waals surface area contributed by atoms with E-state index in [4.69, 9.17) is 4.74 Å². The lowest BCUT2D eigenvalue weighted by Gasteiger charge is -2.28. The van der Waals surface area contributed by atoms with E-state index >= 15 is 0 Å². The summed E-state index contributed by atoms with van der Waals surface area (Å²) in [5.74, 6) is -0.727. The van der Waals surface area contributed by atoms with Crippen molar-refractivity contribution in [1.82, 2.24) is 0 Å². The zero-order chi connectivity index (χ0) is 24.3. The monoisotopic (exact) mass is 472 g/mol. The lowest BCUT2D eigenvalue weighted by molar-refractivity contribution is 0.248. The predicted molar refractivity (Wildman–Crippen MR) is 135 cm³/mol. The molecule has 1 aliphatic carbocycles. The van der Waals surface area contributed by atoms with Gasteiger partial charge in [-0.2, -0.15) is 0 Å². The molecular weight excluding hydrogens is 433 g/mol. The minimum Gasteiger partial charge on any atom is -0.490 e. The van der Waals surface area contributed by atoms with Crippen molar-refractivity contribution in [3.05, 3.63) is 65.5 Å². The van der Waals surface area contributed by atoms with Gasteiger partial charge in [0.05, 0.1) is 6.61 Å². The predicted octanol–water partition coefficient (Wildman–Crippen LogP) is 9.44. The van der Waals surface area contributed by atoms with Crippen molar-refractivity contribution in [2.24, 2.45) is 11.8 Å². The Kier molecular flexibility index (Phi) is 10.6. The second-order valence-corrected chi connectivity index (χ2v) is 9.67. The number of hydrogen-bond acceptors (Lipinski definition) is 1. The molecule has 0 heterocycles. The maximum Gasteiger partial charge on any atom is 0.166 e. The van der Waals surface area contributed by atoms with Crippen molar-refractivity contribution in [2.45, 2.75) is 84.5 Å². The van der Waals surface area contributed by atoms with Gasteiger partial charge < -0.3 is 4.74 Å². The normalized spacial score (nSPS) is 18.5.